The number of nitrogens with one attached hydrogen (secondary N) is 1. The van der Waals surface area contributed by atoms with E-state index in [1.54, 1.807) is 17.2 Å². The molecule has 1 N–H and O–H groups in total. The number of fused-ring (bicyclic) bond motifs is 1. The van der Waals surface area contributed by atoms with E-state index in [2.05, 4.69) is 22.1 Å². The first-order valence-corrected chi connectivity index (χ1v) is 10.9. The molecule has 0 radical (unpaired) electrons. The van der Waals surface area contributed by atoms with Crippen molar-refractivity contribution in [1.29, 1.82) is 0 Å². The average Bonchev–Trinajstić information content (AvgIpc) is 3.38. The first-order valence-electron chi connectivity index (χ1n) is 10.9. The quantitative estimate of drug-likeness (QED) is 0.672. The minimum Gasteiger partial charge on any atom is -0.368 e. The van der Waals surface area contributed by atoms with Crippen LogP contribution in [0.2, 0.25) is 0 Å². The molecule has 1 aromatic carbocycles. The van der Waals surface area contributed by atoms with Crippen molar-refractivity contribution < 1.29 is 14.3 Å². The van der Waals surface area contributed by atoms with Crippen LogP contribution in [0.4, 0.5) is 0 Å². The van der Waals surface area contributed by atoms with Gasteiger partial charge in [0, 0.05) is 44.3 Å². The number of rotatable bonds is 3. The molecule has 2 saturated heterocycles. The van der Waals surface area contributed by atoms with Gasteiger partial charge in [-0.3, -0.25) is 14.7 Å². The average molecular weight is 435 g/mol. The predicted octanol–water partition coefficient (Wildman–Crippen LogP) is 1.56. The van der Waals surface area contributed by atoms with Gasteiger partial charge < -0.3 is 19.4 Å². The van der Waals surface area contributed by atoms with Gasteiger partial charge in [-0.15, -0.1) is 0 Å². The van der Waals surface area contributed by atoms with Gasteiger partial charge in [-0.1, -0.05) is 18.2 Å². The molecular formula is C23H26N6O3. The number of piperazine rings is 1. The number of aromatic nitrogens is 3. The molecule has 2 amide bonds. The fourth-order valence-corrected chi connectivity index (χ4v) is 4.28. The summed E-state index contributed by atoms with van der Waals surface area (Å²) in [5, 5.41) is 7.43. The van der Waals surface area contributed by atoms with Crippen molar-refractivity contribution in [3.8, 4) is 0 Å². The predicted molar refractivity (Wildman–Crippen MR) is 118 cm³/mol. The minimum atomic E-state index is -0.403. The lowest BCUT2D eigenvalue weighted by Crippen LogP contribution is -2.47. The molecule has 1 atom stereocenters. The molecule has 3 aromatic rings. The number of likely N-dealkylation sites (N-methyl/N-ethyl adjacent to an activating group) is 1. The van der Waals surface area contributed by atoms with Crippen LogP contribution in [0.5, 0.6) is 0 Å². The van der Waals surface area contributed by atoms with Crippen molar-refractivity contribution in [2.45, 2.75) is 6.10 Å². The van der Waals surface area contributed by atoms with Crippen LogP contribution in [-0.2, 0) is 4.74 Å². The van der Waals surface area contributed by atoms with Crippen LogP contribution in [0.25, 0.3) is 10.9 Å². The van der Waals surface area contributed by atoms with Gasteiger partial charge in [0.2, 0.25) is 0 Å². The number of carbonyl (C=O) groups excluding carboxylic acids is 2. The van der Waals surface area contributed by atoms with Gasteiger partial charge in [0.1, 0.15) is 11.8 Å². The summed E-state index contributed by atoms with van der Waals surface area (Å²) in [4.78, 5) is 36.9. The normalized spacial score (nSPS) is 20.0. The molecule has 5 rings (SSSR count). The second-order valence-corrected chi connectivity index (χ2v) is 8.29. The lowest BCUT2D eigenvalue weighted by atomic mass is 10.0. The van der Waals surface area contributed by atoms with E-state index in [-0.39, 0.29) is 11.8 Å². The Labute approximate surface area is 186 Å². The molecule has 166 valence electrons. The summed E-state index contributed by atoms with van der Waals surface area (Å²) in [6.07, 6.45) is 1.16. The Morgan fingerprint density at radius 2 is 1.84 bits per heavy atom. The monoisotopic (exact) mass is 434 g/mol. The number of ether oxygens (including phenoxy) is 1. The van der Waals surface area contributed by atoms with Crippen molar-refractivity contribution >= 4 is 22.7 Å². The Hall–Kier alpha value is -3.30. The molecule has 0 aliphatic carbocycles. The second kappa shape index (κ2) is 8.68. The lowest BCUT2D eigenvalue weighted by molar-refractivity contribution is -0.0248. The number of benzene rings is 1. The Bertz CT molecular complexity index is 1120. The maximum Gasteiger partial charge on any atom is 0.272 e. The molecule has 4 heterocycles. The summed E-state index contributed by atoms with van der Waals surface area (Å²) in [6.45, 7) is 4.39. The summed E-state index contributed by atoms with van der Waals surface area (Å²) in [6, 6.07) is 11.2. The zero-order valence-electron chi connectivity index (χ0n) is 18.0. The van der Waals surface area contributed by atoms with E-state index in [0.29, 0.717) is 49.7 Å². The van der Waals surface area contributed by atoms with Gasteiger partial charge in [0.05, 0.1) is 29.9 Å². The molecule has 9 heteroatoms. The van der Waals surface area contributed by atoms with Crippen LogP contribution in [-0.4, -0.2) is 94.6 Å². The number of nitrogens with zero attached hydrogens (tertiary/aromatic N) is 5. The van der Waals surface area contributed by atoms with Crippen LogP contribution in [0.3, 0.4) is 0 Å². The number of amides is 2. The van der Waals surface area contributed by atoms with E-state index < -0.39 is 6.10 Å². The van der Waals surface area contributed by atoms with E-state index in [4.69, 9.17) is 9.72 Å². The highest BCUT2D eigenvalue weighted by atomic mass is 16.5. The number of carbonyl (C=O) groups is 2. The van der Waals surface area contributed by atoms with E-state index in [1.165, 1.54) is 0 Å². The molecule has 0 saturated carbocycles. The van der Waals surface area contributed by atoms with Gasteiger partial charge >= 0.3 is 0 Å². The number of hydrogen-bond donors (Lipinski definition) is 1. The highest BCUT2D eigenvalue weighted by molar-refractivity contribution is 6.06. The number of aromatic amines is 1. The lowest BCUT2D eigenvalue weighted by Gasteiger charge is -2.34. The molecule has 2 aliphatic heterocycles. The summed E-state index contributed by atoms with van der Waals surface area (Å²) in [7, 11) is 2.07. The molecule has 0 bridgehead atoms. The van der Waals surface area contributed by atoms with Crippen LogP contribution in [0, 0.1) is 0 Å². The fraction of sp³-hybridized carbons (Fsp3) is 0.391. The van der Waals surface area contributed by atoms with Crippen molar-refractivity contribution in [2.24, 2.45) is 0 Å². The molecule has 2 aliphatic rings. The maximum atomic E-state index is 13.4. The number of para-hydroxylation sites is 1. The Morgan fingerprint density at radius 1 is 1.03 bits per heavy atom. The van der Waals surface area contributed by atoms with Gasteiger partial charge in [-0.2, -0.15) is 5.10 Å². The maximum absolute atomic E-state index is 13.4. The van der Waals surface area contributed by atoms with E-state index >= 15 is 0 Å². The Morgan fingerprint density at radius 3 is 2.62 bits per heavy atom. The third-order valence-corrected chi connectivity index (χ3v) is 6.17. The number of hydrogen-bond acceptors (Lipinski definition) is 6. The zero-order valence-corrected chi connectivity index (χ0v) is 18.0. The van der Waals surface area contributed by atoms with Crippen molar-refractivity contribution in [3.63, 3.8) is 0 Å². The van der Waals surface area contributed by atoms with E-state index in [1.807, 2.05) is 35.2 Å². The number of pyridine rings is 1. The molecule has 2 fully saturated rings. The third kappa shape index (κ3) is 3.96. The van der Waals surface area contributed by atoms with Crippen LogP contribution in [0.1, 0.15) is 32.6 Å². The Kier molecular flexibility index (Phi) is 5.59. The third-order valence-electron chi connectivity index (χ3n) is 6.17. The van der Waals surface area contributed by atoms with Crippen LogP contribution < -0.4 is 0 Å². The van der Waals surface area contributed by atoms with Crippen molar-refractivity contribution in [3.05, 3.63) is 59.5 Å². The van der Waals surface area contributed by atoms with Crippen molar-refractivity contribution in [2.75, 3.05) is 52.9 Å². The molecule has 0 spiro atoms. The summed E-state index contributed by atoms with van der Waals surface area (Å²) in [5.41, 5.74) is 2.50. The van der Waals surface area contributed by atoms with Gasteiger partial charge in [-0.05, 0) is 25.2 Å². The number of morpholine rings is 1. The van der Waals surface area contributed by atoms with E-state index in [9.17, 15) is 9.59 Å². The first-order chi connectivity index (χ1) is 15.6. The molecule has 2 aromatic heterocycles. The minimum absolute atomic E-state index is 0.0131. The second-order valence-electron chi connectivity index (χ2n) is 8.29. The Balaban J connectivity index is 1.45. The summed E-state index contributed by atoms with van der Waals surface area (Å²) >= 11 is 0. The topological polar surface area (TPSA) is 94.7 Å². The van der Waals surface area contributed by atoms with Crippen molar-refractivity contribution in [1.82, 2.24) is 29.9 Å². The molecular weight excluding hydrogens is 408 g/mol. The van der Waals surface area contributed by atoms with Crippen LogP contribution >= 0.6 is 0 Å². The molecule has 32 heavy (non-hydrogen) atoms. The molecule has 9 nitrogen and oxygen atoms in total. The first kappa shape index (κ1) is 20.6. The highest BCUT2D eigenvalue weighted by Crippen LogP contribution is 2.27. The highest BCUT2D eigenvalue weighted by Gasteiger charge is 2.30. The fourth-order valence-electron chi connectivity index (χ4n) is 4.28. The standard InChI is InChI=1S/C23H26N6O3/c1-27-8-10-28(11-9-27)22(30)17-14-20(25-18-5-3-2-4-16(17)18)21-15-29(12-13-32-21)23(31)19-6-7-24-26-19/h2-7,14,21H,8-13,15H2,1H3,(H,24,26)/t21-/m1/s1. The smallest absolute Gasteiger partial charge is 0.272 e. The van der Waals surface area contributed by atoms with Gasteiger partial charge in [-0.25, -0.2) is 4.98 Å². The van der Waals surface area contributed by atoms with Gasteiger partial charge in [0.25, 0.3) is 11.8 Å². The number of H-pyrrole nitrogens is 1. The largest absolute Gasteiger partial charge is 0.368 e. The zero-order chi connectivity index (χ0) is 22.1. The summed E-state index contributed by atoms with van der Waals surface area (Å²) < 4.78 is 5.99. The van der Waals surface area contributed by atoms with Gasteiger partial charge in [0.15, 0.2) is 0 Å². The molecule has 0 unspecified atom stereocenters. The SMILES string of the molecule is CN1CCN(C(=O)c2cc([C@H]3CN(C(=O)c4ccn[nH]4)CCO3)nc3ccccc23)CC1. The summed E-state index contributed by atoms with van der Waals surface area (Å²) in [5.74, 6) is -0.107. The van der Waals surface area contributed by atoms with E-state index in [0.717, 1.165) is 24.0 Å². The van der Waals surface area contributed by atoms with Crippen LogP contribution in [0.15, 0.2) is 42.6 Å².